The van der Waals surface area contributed by atoms with Crippen molar-refractivity contribution in [2.24, 2.45) is 11.8 Å². The molecule has 17 heteroatoms. The smallest absolute Gasteiger partial charge is 0.289 e. The Kier molecular flexibility index (Phi) is 13.1. The maximum atomic E-state index is 14.6. The van der Waals surface area contributed by atoms with Crippen LogP contribution in [0.4, 0.5) is 0 Å². The number of carbonyl (C=O) groups is 4. The van der Waals surface area contributed by atoms with Gasteiger partial charge in [-0.2, -0.15) is 10.2 Å². The number of benzene rings is 3. The Bertz CT molecular complexity index is 3160. The van der Waals surface area contributed by atoms with E-state index in [2.05, 4.69) is 55.0 Å². The zero-order chi connectivity index (χ0) is 48.5. The van der Waals surface area contributed by atoms with Crippen LogP contribution in [0.15, 0.2) is 106 Å². The van der Waals surface area contributed by atoms with Crippen LogP contribution in [0.2, 0.25) is 0 Å². The summed E-state index contributed by atoms with van der Waals surface area (Å²) in [5.74, 6) is -0.353. The van der Waals surface area contributed by atoms with Gasteiger partial charge in [0, 0.05) is 151 Å². The van der Waals surface area contributed by atoms with Crippen molar-refractivity contribution in [2.45, 2.75) is 32.4 Å². The molecule has 0 aliphatic carbocycles. The first kappa shape index (κ1) is 46.2. The van der Waals surface area contributed by atoms with Crippen molar-refractivity contribution in [3.8, 4) is 0 Å². The number of nitrogens with one attached hydrogen (secondary N) is 1. The molecular weight excluding hydrogens is 887 g/mol. The Balaban J connectivity index is 1.04. The number of piperazine rings is 1. The number of aromatic nitrogens is 5. The molecule has 2 atom stereocenters. The number of amides is 4. The largest absolute Gasteiger partial charge is 0.451 e. The molecular formula is C53H57N11O6. The SMILES string of the molecule is CN(C)C(=O)c1cc2cc(C3=CC(C4C=C(c5cc(CN6CCNCC6)c6oc(C(=O)N(C)C)cc6c5)CN(C(=O)CCn5ccnn5)C4)CN(C(=O)CCc4nncc5ccccc45)C3)ccc2o1. The van der Waals surface area contributed by atoms with Gasteiger partial charge < -0.3 is 33.8 Å². The summed E-state index contributed by atoms with van der Waals surface area (Å²) < 4.78 is 14.0. The quantitative estimate of drug-likeness (QED) is 0.151. The van der Waals surface area contributed by atoms with Crippen LogP contribution in [0.25, 0.3) is 43.9 Å². The normalized spacial score (nSPS) is 17.8. The second kappa shape index (κ2) is 19.8. The third-order valence-electron chi connectivity index (χ3n) is 13.7. The summed E-state index contributed by atoms with van der Waals surface area (Å²) in [5, 5.41) is 23.7. The minimum absolute atomic E-state index is 0.0135. The van der Waals surface area contributed by atoms with Crippen LogP contribution in [0.3, 0.4) is 0 Å². The maximum Gasteiger partial charge on any atom is 0.289 e. The van der Waals surface area contributed by atoms with Crippen molar-refractivity contribution >= 4 is 67.5 Å². The van der Waals surface area contributed by atoms with Crippen molar-refractivity contribution in [1.82, 2.24) is 55.0 Å². The number of nitrogens with zero attached hydrogens (tertiary/aromatic N) is 10. The zero-order valence-corrected chi connectivity index (χ0v) is 40.0. The second-order valence-electron chi connectivity index (χ2n) is 19.0. The van der Waals surface area contributed by atoms with Gasteiger partial charge in [0.15, 0.2) is 11.5 Å². The molecule has 1 N–H and O–H groups in total. The van der Waals surface area contributed by atoms with E-state index in [9.17, 15) is 19.2 Å². The van der Waals surface area contributed by atoms with Gasteiger partial charge in [-0.25, -0.2) is 0 Å². The van der Waals surface area contributed by atoms with Gasteiger partial charge in [-0.1, -0.05) is 47.7 Å². The van der Waals surface area contributed by atoms with E-state index >= 15 is 0 Å². The van der Waals surface area contributed by atoms with Gasteiger partial charge in [0.1, 0.15) is 11.2 Å². The van der Waals surface area contributed by atoms with Crippen molar-refractivity contribution in [3.05, 3.63) is 131 Å². The summed E-state index contributed by atoms with van der Waals surface area (Å²) in [7, 11) is 6.80. The maximum absolute atomic E-state index is 14.6. The van der Waals surface area contributed by atoms with Crippen molar-refractivity contribution in [1.29, 1.82) is 0 Å². The molecule has 1 fully saturated rings. The Morgan fingerprint density at radius 1 is 0.729 bits per heavy atom. The topological polar surface area (TPSA) is 179 Å². The van der Waals surface area contributed by atoms with E-state index in [0.717, 1.165) is 81.3 Å². The summed E-state index contributed by atoms with van der Waals surface area (Å²) in [6.45, 7) is 6.12. The van der Waals surface area contributed by atoms with E-state index in [1.165, 1.54) is 9.80 Å². The van der Waals surface area contributed by atoms with Gasteiger partial charge in [0.05, 0.1) is 24.6 Å². The standard InChI is InChI=1S/C53H57N11O6/c1-59(2)52(67)47-26-37-21-34(9-11-46(37)69-47)39-24-41(32-62(30-39)49(65)12-10-45-44-8-6-5-7-35(44)28-56-57-45)42-25-40(31-63(33-42)50(66)13-17-64-20-16-55-58-64)36-22-38-27-48(53(68)60(3)4)70-51(38)43(23-36)29-61-18-14-54-15-19-61/h5-9,11,16,20-28,41-42,54H,10,12-15,17-19,29-33H2,1-4H3. The van der Waals surface area contributed by atoms with Crippen LogP contribution in [-0.2, 0) is 29.1 Å². The minimum Gasteiger partial charge on any atom is -0.451 e. The van der Waals surface area contributed by atoms with Crippen LogP contribution in [0, 0.1) is 11.8 Å². The first-order valence-electron chi connectivity index (χ1n) is 23.9. The van der Waals surface area contributed by atoms with Crippen molar-refractivity contribution < 1.29 is 28.0 Å². The molecule has 3 aromatic carbocycles. The molecule has 2 unspecified atom stereocenters. The molecule has 4 amide bonds. The summed E-state index contributed by atoms with van der Waals surface area (Å²) >= 11 is 0. The molecule has 0 saturated carbocycles. The highest BCUT2D eigenvalue weighted by Crippen LogP contribution is 2.37. The molecule has 1 saturated heterocycles. The predicted octanol–water partition coefficient (Wildman–Crippen LogP) is 5.63. The average molecular weight is 944 g/mol. The fourth-order valence-corrected chi connectivity index (χ4v) is 9.96. The van der Waals surface area contributed by atoms with Gasteiger partial charge >= 0.3 is 0 Å². The number of carbonyl (C=O) groups excluding carboxylic acids is 4. The molecule has 7 aromatic rings. The molecule has 3 aliphatic rings. The molecule has 10 rings (SSSR count). The van der Waals surface area contributed by atoms with E-state index < -0.39 is 0 Å². The number of furan rings is 2. The third-order valence-corrected chi connectivity index (χ3v) is 13.7. The van der Waals surface area contributed by atoms with Crippen LogP contribution < -0.4 is 5.32 Å². The summed E-state index contributed by atoms with van der Waals surface area (Å²) in [5.41, 5.74) is 6.79. The Morgan fingerprint density at radius 3 is 2.11 bits per heavy atom. The number of aryl methyl sites for hydroxylation is 2. The Hall–Kier alpha value is -7.50. The highest BCUT2D eigenvalue weighted by molar-refractivity contribution is 5.98. The zero-order valence-electron chi connectivity index (χ0n) is 40.0. The lowest BCUT2D eigenvalue weighted by Gasteiger charge is -2.40. The second-order valence-corrected chi connectivity index (χ2v) is 19.0. The van der Waals surface area contributed by atoms with Crippen molar-refractivity contribution in [2.75, 3.05) is 80.5 Å². The van der Waals surface area contributed by atoms with Crippen LogP contribution in [0.1, 0.15) is 56.3 Å². The molecule has 0 spiro atoms. The molecule has 0 radical (unpaired) electrons. The van der Waals surface area contributed by atoms with Gasteiger partial charge in [0.2, 0.25) is 11.8 Å². The molecule has 0 bridgehead atoms. The summed E-state index contributed by atoms with van der Waals surface area (Å²) in [4.78, 5) is 64.4. The number of hydrogen-bond acceptors (Lipinski definition) is 12. The van der Waals surface area contributed by atoms with Gasteiger partial charge in [-0.3, -0.25) is 28.8 Å². The molecule has 3 aliphatic heterocycles. The molecule has 4 aromatic heterocycles. The summed E-state index contributed by atoms with van der Waals surface area (Å²) in [6, 6.07) is 21.6. The fourth-order valence-electron chi connectivity index (χ4n) is 9.96. The molecule has 7 heterocycles. The number of hydrogen-bond donors (Lipinski definition) is 1. The monoisotopic (exact) mass is 943 g/mol. The van der Waals surface area contributed by atoms with E-state index in [1.807, 2.05) is 58.3 Å². The van der Waals surface area contributed by atoms with E-state index in [1.54, 1.807) is 57.5 Å². The van der Waals surface area contributed by atoms with Crippen LogP contribution in [0.5, 0.6) is 0 Å². The van der Waals surface area contributed by atoms with E-state index in [4.69, 9.17) is 8.83 Å². The first-order chi connectivity index (χ1) is 33.9. The van der Waals surface area contributed by atoms with E-state index in [0.29, 0.717) is 56.9 Å². The predicted molar refractivity (Wildman–Crippen MR) is 265 cm³/mol. The molecule has 70 heavy (non-hydrogen) atoms. The highest BCUT2D eigenvalue weighted by atomic mass is 16.4. The minimum atomic E-state index is -0.229. The van der Waals surface area contributed by atoms with Gasteiger partial charge in [0.25, 0.3) is 11.8 Å². The average Bonchev–Trinajstić information content (AvgIpc) is 4.17. The number of fused-ring (bicyclic) bond motifs is 3. The third kappa shape index (κ3) is 9.84. The van der Waals surface area contributed by atoms with E-state index in [-0.39, 0.29) is 59.8 Å². The molecule has 17 nitrogen and oxygen atoms in total. The Morgan fingerprint density at radius 2 is 1.40 bits per heavy atom. The van der Waals surface area contributed by atoms with Gasteiger partial charge in [-0.05, 0) is 58.7 Å². The lowest BCUT2D eigenvalue weighted by Crippen LogP contribution is -2.46. The lowest BCUT2D eigenvalue weighted by atomic mass is 9.81. The Labute approximate surface area is 405 Å². The highest BCUT2D eigenvalue weighted by Gasteiger charge is 2.35. The van der Waals surface area contributed by atoms with Crippen molar-refractivity contribution in [3.63, 3.8) is 0 Å². The molecule has 360 valence electrons. The van der Waals surface area contributed by atoms with Crippen LogP contribution in [-0.4, -0.2) is 154 Å². The van der Waals surface area contributed by atoms with Crippen LogP contribution >= 0.6 is 0 Å². The van der Waals surface area contributed by atoms with Gasteiger partial charge in [-0.15, -0.1) is 5.10 Å². The lowest BCUT2D eigenvalue weighted by molar-refractivity contribution is -0.133. The fraction of sp³-hybridized carbons (Fsp3) is 0.358. The first-order valence-corrected chi connectivity index (χ1v) is 23.9. The number of rotatable bonds is 13. The summed E-state index contributed by atoms with van der Waals surface area (Å²) in [6.07, 6.45) is 10.5.